The van der Waals surface area contributed by atoms with Crippen molar-refractivity contribution in [2.24, 2.45) is 0 Å². The third kappa shape index (κ3) is 1.97. The van der Waals surface area contributed by atoms with Gasteiger partial charge in [0.2, 0.25) is 0 Å². The smallest absolute Gasteiger partial charge is 0.0407 e. The van der Waals surface area contributed by atoms with Crippen LogP contribution < -0.4 is 0 Å². The average molecular weight is 134 g/mol. The minimum atomic E-state index is 0.789. The van der Waals surface area contributed by atoms with Crippen LogP contribution in [0.25, 0.3) is 0 Å². The Hall–Kier alpha value is -1.18. The molecule has 2 heteroatoms. The molecule has 0 amide bonds. The lowest BCUT2D eigenvalue weighted by Crippen LogP contribution is -1.87. The van der Waals surface area contributed by atoms with E-state index in [1.165, 1.54) is 6.21 Å². The fraction of sp³-hybridized carbons (Fsp3) is 0.250. The number of rotatable bonds is 3. The standard InChI is InChI=1S/C8H10N2/c9-6-3-5-8-4-1-2-7-10-8/h1-2,4,6-7,9H,3,5H2. The van der Waals surface area contributed by atoms with Gasteiger partial charge in [-0.1, -0.05) is 6.07 Å². The van der Waals surface area contributed by atoms with Crippen molar-refractivity contribution in [2.45, 2.75) is 12.8 Å². The molecule has 0 aliphatic carbocycles. The van der Waals surface area contributed by atoms with Gasteiger partial charge in [-0.25, -0.2) is 0 Å². The van der Waals surface area contributed by atoms with Crippen LogP contribution in [-0.4, -0.2) is 11.2 Å². The number of hydrogen-bond acceptors (Lipinski definition) is 2. The topological polar surface area (TPSA) is 36.7 Å². The lowest BCUT2D eigenvalue weighted by molar-refractivity contribution is 0.978. The molecule has 1 N–H and O–H groups in total. The van der Waals surface area contributed by atoms with Crippen LogP contribution in [0.3, 0.4) is 0 Å². The van der Waals surface area contributed by atoms with E-state index in [2.05, 4.69) is 4.98 Å². The van der Waals surface area contributed by atoms with E-state index in [1.807, 2.05) is 18.2 Å². The Morgan fingerprint density at radius 1 is 1.50 bits per heavy atom. The Labute approximate surface area is 60.4 Å². The SMILES string of the molecule is N=CCCc1ccccn1. The molecule has 0 aromatic carbocycles. The predicted molar refractivity (Wildman–Crippen MR) is 41.3 cm³/mol. The van der Waals surface area contributed by atoms with Crippen molar-refractivity contribution in [1.82, 2.24) is 4.98 Å². The van der Waals surface area contributed by atoms with Crippen LogP contribution in [0.5, 0.6) is 0 Å². The molecule has 1 aromatic rings. The van der Waals surface area contributed by atoms with E-state index in [0.717, 1.165) is 18.5 Å². The summed E-state index contributed by atoms with van der Waals surface area (Å²) in [6.45, 7) is 0. The van der Waals surface area contributed by atoms with Gasteiger partial charge in [0.25, 0.3) is 0 Å². The first-order valence-electron chi connectivity index (χ1n) is 3.32. The fourth-order valence-electron chi connectivity index (χ4n) is 0.766. The van der Waals surface area contributed by atoms with Crippen LogP contribution in [0, 0.1) is 5.41 Å². The molecule has 1 rings (SSSR count). The van der Waals surface area contributed by atoms with Gasteiger partial charge in [0.15, 0.2) is 0 Å². The Morgan fingerprint density at radius 3 is 3.00 bits per heavy atom. The summed E-state index contributed by atoms with van der Waals surface area (Å²) in [5.74, 6) is 0. The Balaban J connectivity index is 2.50. The van der Waals surface area contributed by atoms with Crippen LogP contribution in [0.4, 0.5) is 0 Å². The summed E-state index contributed by atoms with van der Waals surface area (Å²) >= 11 is 0. The number of nitrogens with zero attached hydrogens (tertiary/aromatic N) is 1. The second-order valence-corrected chi connectivity index (χ2v) is 2.06. The minimum Gasteiger partial charge on any atom is -0.313 e. The number of nitrogens with one attached hydrogen (secondary N) is 1. The van der Waals surface area contributed by atoms with E-state index in [4.69, 9.17) is 5.41 Å². The summed E-state index contributed by atoms with van der Waals surface area (Å²) < 4.78 is 0. The van der Waals surface area contributed by atoms with Crippen molar-refractivity contribution in [1.29, 1.82) is 5.41 Å². The summed E-state index contributed by atoms with van der Waals surface area (Å²) in [4.78, 5) is 4.11. The molecular weight excluding hydrogens is 124 g/mol. The molecule has 0 saturated heterocycles. The maximum Gasteiger partial charge on any atom is 0.0407 e. The highest BCUT2D eigenvalue weighted by molar-refractivity contribution is 5.53. The van der Waals surface area contributed by atoms with Crippen molar-refractivity contribution in [3.8, 4) is 0 Å². The first-order valence-corrected chi connectivity index (χ1v) is 3.32. The third-order valence-electron chi connectivity index (χ3n) is 1.27. The van der Waals surface area contributed by atoms with Crippen molar-refractivity contribution in [3.05, 3.63) is 30.1 Å². The van der Waals surface area contributed by atoms with E-state index in [-0.39, 0.29) is 0 Å². The number of aromatic nitrogens is 1. The lowest BCUT2D eigenvalue weighted by atomic mass is 10.2. The van der Waals surface area contributed by atoms with E-state index in [0.29, 0.717) is 0 Å². The van der Waals surface area contributed by atoms with Gasteiger partial charge < -0.3 is 5.41 Å². The summed E-state index contributed by atoms with van der Waals surface area (Å²) in [7, 11) is 0. The molecule has 1 heterocycles. The van der Waals surface area contributed by atoms with Crippen molar-refractivity contribution < 1.29 is 0 Å². The molecule has 0 radical (unpaired) electrons. The highest BCUT2D eigenvalue weighted by Gasteiger charge is 1.88. The Kier molecular flexibility index (Phi) is 2.62. The highest BCUT2D eigenvalue weighted by Crippen LogP contribution is 1.95. The van der Waals surface area contributed by atoms with Crippen LogP contribution in [0.1, 0.15) is 12.1 Å². The van der Waals surface area contributed by atoms with Crippen molar-refractivity contribution in [2.75, 3.05) is 0 Å². The average Bonchev–Trinajstić information content (AvgIpc) is 2.03. The zero-order valence-corrected chi connectivity index (χ0v) is 5.75. The molecule has 0 fully saturated rings. The quantitative estimate of drug-likeness (QED) is 0.627. The van der Waals surface area contributed by atoms with Crippen molar-refractivity contribution >= 4 is 6.21 Å². The zero-order chi connectivity index (χ0) is 7.23. The molecule has 0 unspecified atom stereocenters. The van der Waals surface area contributed by atoms with Gasteiger partial charge in [0.05, 0.1) is 0 Å². The second-order valence-electron chi connectivity index (χ2n) is 2.06. The van der Waals surface area contributed by atoms with Gasteiger partial charge >= 0.3 is 0 Å². The van der Waals surface area contributed by atoms with E-state index >= 15 is 0 Å². The summed E-state index contributed by atoms with van der Waals surface area (Å²) in [5.41, 5.74) is 1.06. The highest BCUT2D eigenvalue weighted by atomic mass is 14.7. The number of pyridine rings is 1. The molecule has 0 aliphatic heterocycles. The Bertz CT molecular complexity index is 194. The van der Waals surface area contributed by atoms with Gasteiger partial charge in [-0.05, 0) is 31.2 Å². The van der Waals surface area contributed by atoms with Gasteiger partial charge in [0, 0.05) is 11.9 Å². The van der Waals surface area contributed by atoms with Crippen LogP contribution in [0.2, 0.25) is 0 Å². The van der Waals surface area contributed by atoms with E-state index < -0.39 is 0 Å². The number of hydrogen-bond donors (Lipinski definition) is 1. The van der Waals surface area contributed by atoms with Gasteiger partial charge in [-0.2, -0.15) is 0 Å². The minimum absolute atomic E-state index is 0.789. The molecule has 2 nitrogen and oxygen atoms in total. The molecule has 1 aromatic heterocycles. The maximum absolute atomic E-state index is 6.80. The second kappa shape index (κ2) is 3.77. The molecular formula is C8H10N2. The fourth-order valence-corrected chi connectivity index (χ4v) is 0.766. The molecule has 0 spiro atoms. The van der Waals surface area contributed by atoms with Crippen LogP contribution in [0.15, 0.2) is 24.4 Å². The van der Waals surface area contributed by atoms with Gasteiger partial charge in [-0.15, -0.1) is 0 Å². The van der Waals surface area contributed by atoms with E-state index in [9.17, 15) is 0 Å². The first kappa shape index (κ1) is 6.93. The zero-order valence-electron chi connectivity index (χ0n) is 5.75. The summed E-state index contributed by atoms with van der Waals surface area (Å²) in [5, 5.41) is 6.80. The first-order chi connectivity index (χ1) is 4.93. The predicted octanol–water partition coefficient (Wildman–Crippen LogP) is 1.66. The van der Waals surface area contributed by atoms with Crippen molar-refractivity contribution in [3.63, 3.8) is 0 Å². The van der Waals surface area contributed by atoms with Gasteiger partial charge in [-0.3, -0.25) is 4.98 Å². The summed E-state index contributed by atoms with van der Waals surface area (Å²) in [6, 6.07) is 5.84. The largest absolute Gasteiger partial charge is 0.313 e. The normalized spacial score (nSPS) is 9.20. The Morgan fingerprint density at radius 2 is 2.40 bits per heavy atom. The molecule has 0 atom stereocenters. The van der Waals surface area contributed by atoms with E-state index in [1.54, 1.807) is 6.20 Å². The molecule has 0 saturated carbocycles. The molecule has 0 aliphatic rings. The molecule has 52 valence electrons. The third-order valence-corrected chi connectivity index (χ3v) is 1.27. The van der Waals surface area contributed by atoms with Gasteiger partial charge in [0.1, 0.15) is 0 Å². The van der Waals surface area contributed by atoms with Crippen LogP contribution in [-0.2, 0) is 6.42 Å². The maximum atomic E-state index is 6.80. The molecule has 10 heavy (non-hydrogen) atoms. The lowest BCUT2D eigenvalue weighted by Gasteiger charge is -1.93. The van der Waals surface area contributed by atoms with Crippen LogP contribution >= 0.6 is 0 Å². The molecule has 0 bridgehead atoms. The number of aryl methyl sites for hydroxylation is 1. The monoisotopic (exact) mass is 134 g/mol. The summed E-state index contributed by atoms with van der Waals surface area (Å²) in [6.07, 6.45) is 4.86.